The molecule has 2 fully saturated rings. The molecular formula is C37H42FN5O6. The smallest absolute Gasteiger partial charge is 0.411 e. The van der Waals surface area contributed by atoms with Gasteiger partial charge < -0.3 is 35.1 Å². The number of fused-ring (bicyclic) bond motifs is 2. The molecule has 1 aromatic heterocycles. The van der Waals surface area contributed by atoms with Crippen molar-refractivity contribution in [1.82, 2.24) is 20.1 Å². The fraction of sp³-hybridized carbons (Fsp3) is 0.378. The third kappa shape index (κ3) is 8.27. The zero-order valence-corrected chi connectivity index (χ0v) is 27.4. The zero-order valence-electron chi connectivity index (χ0n) is 27.4. The fourth-order valence-electron chi connectivity index (χ4n) is 7.06. The van der Waals surface area contributed by atoms with Crippen LogP contribution in [0.2, 0.25) is 0 Å². The van der Waals surface area contributed by atoms with Gasteiger partial charge in [0.05, 0.1) is 17.2 Å². The molecule has 2 aliphatic rings. The number of carbonyl (C=O) groups excluding carboxylic acids is 2. The molecule has 0 bridgehead atoms. The van der Waals surface area contributed by atoms with Crippen molar-refractivity contribution in [2.75, 3.05) is 51.6 Å². The van der Waals surface area contributed by atoms with Crippen LogP contribution in [0, 0.1) is 17.7 Å². The Morgan fingerprint density at radius 1 is 1.06 bits per heavy atom. The Morgan fingerprint density at radius 2 is 1.82 bits per heavy atom. The van der Waals surface area contributed by atoms with Gasteiger partial charge in [0.1, 0.15) is 17.7 Å². The summed E-state index contributed by atoms with van der Waals surface area (Å²) in [4.78, 5) is 43.5. The summed E-state index contributed by atoms with van der Waals surface area (Å²) < 4.78 is 20.7. The van der Waals surface area contributed by atoms with Crippen LogP contribution in [0.5, 0.6) is 5.75 Å². The molecule has 1 saturated carbocycles. The Balaban J connectivity index is 0.912. The molecule has 258 valence electrons. The molecule has 4 atom stereocenters. The van der Waals surface area contributed by atoms with E-state index in [4.69, 9.17) is 4.74 Å². The van der Waals surface area contributed by atoms with Gasteiger partial charge in [0.15, 0.2) is 0 Å². The van der Waals surface area contributed by atoms with Gasteiger partial charge in [-0.1, -0.05) is 30.3 Å². The minimum Gasteiger partial charge on any atom is -0.506 e. The zero-order chi connectivity index (χ0) is 34.5. The lowest BCUT2D eigenvalue weighted by molar-refractivity contribution is 0.0774. The van der Waals surface area contributed by atoms with Gasteiger partial charge in [-0.2, -0.15) is 0 Å². The number of pyridine rings is 1. The summed E-state index contributed by atoms with van der Waals surface area (Å²) in [5, 5.41) is 27.3. The molecular weight excluding hydrogens is 629 g/mol. The van der Waals surface area contributed by atoms with Crippen LogP contribution in [-0.4, -0.2) is 89.4 Å². The van der Waals surface area contributed by atoms with Gasteiger partial charge in [0, 0.05) is 56.9 Å². The molecule has 3 aromatic carbocycles. The second-order valence-electron chi connectivity index (χ2n) is 13.1. The number of phenols is 1. The Kier molecular flexibility index (Phi) is 10.6. The van der Waals surface area contributed by atoms with Gasteiger partial charge in [-0.05, 0) is 85.2 Å². The summed E-state index contributed by atoms with van der Waals surface area (Å²) in [6, 6.07) is 19.8. The van der Waals surface area contributed by atoms with Crippen LogP contribution in [0.25, 0.3) is 10.9 Å². The average molecular weight is 672 g/mol. The van der Waals surface area contributed by atoms with Crippen LogP contribution in [0.1, 0.15) is 40.4 Å². The number of benzene rings is 3. The van der Waals surface area contributed by atoms with E-state index in [1.165, 1.54) is 24.3 Å². The van der Waals surface area contributed by atoms with Crippen molar-refractivity contribution in [3.63, 3.8) is 0 Å². The predicted molar refractivity (Wildman–Crippen MR) is 184 cm³/mol. The quantitative estimate of drug-likeness (QED) is 0.140. The summed E-state index contributed by atoms with van der Waals surface area (Å²) in [5.41, 5.74) is 1.93. The van der Waals surface area contributed by atoms with Gasteiger partial charge in [-0.15, -0.1) is 0 Å². The monoisotopic (exact) mass is 671 g/mol. The Morgan fingerprint density at radius 3 is 2.55 bits per heavy atom. The van der Waals surface area contributed by atoms with Crippen LogP contribution in [0.15, 0.2) is 77.6 Å². The number of aromatic nitrogens is 1. The second kappa shape index (κ2) is 15.2. The maximum atomic E-state index is 15.1. The van der Waals surface area contributed by atoms with Crippen molar-refractivity contribution >= 4 is 28.6 Å². The minimum atomic E-state index is -0.897. The van der Waals surface area contributed by atoms with E-state index in [0.29, 0.717) is 54.5 Å². The number of anilines is 1. The van der Waals surface area contributed by atoms with Crippen LogP contribution in [0.4, 0.5) is 14.9 Å². The first-order valence-corrected chi connectivity index (χ1v) is 16.7. The molecule has 2 heterocycles. The number of carbonyl (C=O) groups is 2. The molecule has 12 heteroatoms. The number of aliphatic hydroxyl groups excluding tert-OH is 1. The predicted octanol–water partition coefficient (Wildman–Crippen LogP) is 4.27. The van der Waals surface area contributed by atoms with E-state index >= 15 is 4.39 Å². The normalized spacial score (nSPS) is 19.4. The van der Waals surface area contributed by atoms with Gasteiger partial charge >= 0.3 is 6.09 Å². The van der Waals surface area contributed by atoms with Crippen molar-refractivity contribution in [2.24, 2.45) is 11.8 Å². The number of H-pyrrole nitrogens is 1. The van der Waals surface area contributed by atoms with E-state index in [9.17, 15) is 24.6 Å². The first-order chi connectivity index (χ1) is 23.6. The first kappa shape index (κ1) is 34.1. The van der Waals surface area contributed by atoms with Crippen molar-refractivity contribution < 1.29 is 28.9 Å². The number of nitrogens with zero attached hydrogens (tertiary/aromatic N) is 2. The largest absolute Gasteiger partial charge is 0.506 e. The molecule has 1 saturated heterocycles. The van der Waals surface area contributed by atoms with E-state index < -0.39 is 18.0 Å². The van der Waals surface area contributed by atoms with E-state index in [1.54, 1.807) is 30.1 Å². The van der Waals surface area contributed by atoms with E-state index in [1.807, 2.05) is 30.3 Å². The molecule has 0 spiro atoms. The first-order valence-electron chi connectivity index (χ1n) is 16.7. The van der Waals surface area contributed by atoms with Crippen LogP contribution in [0.3, 0.4) is 0 Å². The number of aliphatic hydroxyl groups is 1. The number of likely N-dealkylation sites (tertiary alicyclic amines) is 1. The molecule has 0 radical (unpaired) electrons. The molecule has 6 rings (SSSR count). The van der Waals surface area contributed by atoms with E-state index in [2.05, 4.69) is 20.5 Å². The lowest BCUT2D eigenvalue weighted by atomic mass is 10.0. The third-order valence-corrected chi connectivity index (χ3v) is 9.63. The van der Waals surface area contributed by atoms with Crippen LogP contribution >= 0.6 is 0 Å². The van der Waals surface area contributed by atoms with Gasteiger partial charge in [0.2, 0.25) is 5.56 Å². The summed E-state index contributed by atoms with van der Waals surface area (Å²) in [6.45, 7) is 3.59. The topological polar surface area (TPSA) is 147 Å². The van der Waals surface area contributed by atoms with Crippen molar-refractivity contribution in [1.29, 1.82) is 0 Å². The highest BCUT2D eigenvalue weighted by atomic mass is 19.1. The number of hydrogen-bond donors (Lipinski definition) is 5. The maximum Gasteiger partial charge on any atom is 0.411 e. The number of aromatic amines is 1. The molecule has 49 heavy (non-hydrogen) atoms. The van der Waals surface area contributed by atoms with Crippen molar-refractivity contribution in [3.05, 3.63) is 106 Å². The van der Waals surface area contributed by atoms with Crippen LogP contribution in [-0.2, 0) is 11.2 Å². The number of nitrogens with one attached hydrogen (secondary N) is 3. The number of halogens is 1. The van der Waals surface area contributed by atoms with Gasteiger partial charge in [0.25, 0.3) is 5.91 Å². The number of likely N-dealkylation sites (N-methyl/N-ethyl adjacent to an activating group) is 1. The molecule has 1 aliphatic carbocycles. The molecule has 0 unspecified atom stereocenters. The average Bonchev–Trinajstić information content (AvgIpc) is 3.64. The number of rotatable bonds is 12. The van der Waals surface area contributed by atoms with Gasteiger partial charge in [-0.3, -0.25) is 14.9 Å². The number of aromatic hydroxyl groups is 1. The molecule has 11 nitrogen and oxygen atoms in total. The molecule has 5 N–H and O–H groups in total. The molecule has 2 amide bonds. The van der Waals surface area contributed by atoms with Crippen molar-refractivity contribution in [2.45, 2.75) is 31.5 Å². The maximum absolute atomic E-state index is 15.1. The molecule has 1 aliphatic heterocycles. The minimum absolute atomic E-state index is 0.0268. The third-order valence-electron chi connectivity index (χ3n) is 9.63. The van der Waals surface area contributed by atoms with E-state index in [-0.39, 0.29) is 40.9 Å². The summed E-state index contributed by atoms with van der Waals surface area (Å²) in [5.74, 6) is -0.133. The summed E-state index contributed by atoms with van der Waals surface area (Å²) in [7, 11) is 1.69. The highest BCUT2D eigenvalue weighted by Crippen LogP contribution is 2.39. The highest BCUT2D eigenvalue weighted by Gasteiger charge is 2.42. The summed E-state index contributed by atoms with van der Waals surface area (Å²) in [6.07, 6.45) is 0.708. The standard InChI is InChI=1S/C37H42FN5O6/c1-42(15-16-43-21-24-18-27(19-25(24)22-43)49-37(48)40-26-5-3-2-4-6-26)36(47)30-8-7-23(17-31(30)38)13-14-39-20-33(45)28-9-11-32(44)35-29(28)10-12-34(46)41-35/h2-12,17,24-25,27,33,39,44-45H,13-16,18-22H2,1H3,(H,40,48)(H,41,46)/t24-,25+,27+,33-/m0/s1. The van der Waals surface area contributed by atoms with Crippen molar-refractivity contribution in [3.8, 4) is 5.75 Å². The Hall–Kier alpha value is -4.78. The number of amides is 2. The lowest BCUT2D eigenvalue weighted by Crippen LogP contribution is -2.36. The number of para-hydroxylation sites is 1. The van der Waals surface area contributed by atoms with E-state index in [0.717, 1.165) is 31.5 Å². The van der Waals surface area contributed by atoms with Crippen LogP contribution < -0.4 is 16.2 Å². The lowest BCUT2D eigenvalue weighted by Gasteiger charge is -2.23. The highest BCUT2D eigenvalue weighted by molar-refractivity contribution is 5.94. The number of ether oxygens (including phenoxy) is 1. The SMILES string of the molecule is CN(CCN1C[C@H]2C[C@H](OC(=O)Nc3ccccc3)C[C@H]2C1)C(=O)c1ccc(CCNC[C@H](O)c2ccc(O)c3[nH]c(=O)ccc23)cc1F. The fourth-order valence-corrected chi connectivity index (χ4v) is 7.06. The molecule has 4 aromatic rings. The van der Waals surface area contributed by atoms with Gasteiger partial charge in [-0.25, -0.2) is 9.18 Å². The summed E-state index contributed by atoms with van der Waals surface area (Å²) >= 11 is 0. The number of phenolic OH excluding ortho intramolecular Hbond substituents is 1. The second-order valence-corrected chi connectivity index (χ2v) is 13.1. The Labute approximate surface area is 283 Å². The Bertz CT molecular complexity index is 1840. The number of hydrogen-bond acceptors (Lipinski definition) is 8.